The van der Waals surface area contributed by atoms with Crippen molar-refractivity contribution in [2.75, 3.05) is 13.2 Å². The Morgan fingerprint density at radius 2 is 1.76 bits per heavy atom. The van der Waals surface area contributed by atoms with Crippen molar-refractivity contribution in [3.63, 3.8) is 0 Å². The van der Waals surface area contributed by atoms with Crippen LogP contribution >= 0.6 is 0 Å². The molecule has 1 heterocycles. The normalized spacial score (nSPS) is 31.6. The van der Waals surface area contributed by atoms with Crippen LogP contribution in [0, 0.1) is 11.8 Å². The van der Waals surface area contributed by atoms with E-state index in [9.17, 15) is 0 Å². The SMILES string of the molecule is CCCNC(C1CCCCCC1)C1CCOC2(CCC2)C1. The highest BCUT2D eigenvalue weighted by molar-refractivity contribution is 4.98. The van der Waals surface area contributed by atoms with Gasteiger partial charge >= 0.3 is 0 Å². The molecule has 0 aromatic carbocycles. The summed E-state index contributed by atoms with van der Waals surface area (Å²) in [6.45, 7) is 4.52. The van der Waals surface area contributed by atoms with E-state index in [1.54, 1.807) is 0 Å². The van der Waals surface area contributed by atoms with Crippen LogP contribution < -0.4 is 5.32 Å². The molecule has 1 aliphatic heterocycles. The van der Waals surface area contributed by atoms with E-state index in [1.807, 2.05) is 0 Å². The van der Waals surface area contributed by atoms with E-state index in [2.05, 4.69) is 12.2 Å². The highest BCUT2D eigenvalue weighted by Gasteiger charge is 2.45. The average molecular weight is 293 g/mol. The largest absolute Gasteiger partial charge is 0.375 e. The molecule has 3 aliphatic rings. The molecule has 122 valence electrons. The van der Waals surface area contributed by atoms with Crippen LogP contribution in [0.5, 0.6) is 0 Å². The molecule has 2 atom stereocenters. The zero-order valence-electron chi connectivity index (χ0n) is 14.0. The van der Waals surface area contributed by atoms with Crippen LogP contribution in [0.25, 0.3) is 0 Å². The van der Waals surface area contributed by atoms with Crippen molar-refractivity contribution in [3.8, 4) is 0 Å². The van der Waals surface area contributed by atoms with Gasteiger partial charge in [0.1, 0.15) is 0 Å². The monoisotopic (exact) mass is 293 g/mol. The molecule has 3 fully saturated rings. The second kappa shape index (κ2) is 7.46. The van der Waals surface area contributed by atoms with E-state index in [0.29, 0.717) is 5.60 Å². The predicted molar refractivity (Wildman–Crippen MR) is 88.5 cm³/mol. The van der Waals surface area contributed by atoms with Gasteiger partial charge in [0.15, 0.2) is 0 Å². The van der Waals surface area contributed by atoms with Crippen LogP contribution in [0.4, 0.5) is 0 Å². The number of nitrogens with one attached hydrogen (secondary N) is 1. The lowest BCUT2D eigenvalue weighted by molar-refractivity contribution is -0.149. The van der Waals surface area contributed by atoms with Gasteiger partial charge in [-0.25, -0.2) is 0 Å². The molecule has 0 bridgehead atoms. The van der Waals surface area contributed by atoms with Gasteiger partial charge in [-0.1, -0.05) is 32.6 Å². The average Bonchev–Trinajstić information content (AvgIpc) is 2.76. The summed E-state index contributed by atoms with van der Waals surface area (Å²) in [5, 5.41) is 3.97. The van der Waals surface area contributed by atoms with E-state index in [0.717, 1.165) is 24.5 Å². The second-order valence-corrected chi connectivity index (χ2v) is 7.87. The molecule has 2 unspecified atom stereocenters. The van der Waals surface area contributed by atoms with Gasteiger partial charge in [0.05, 0.1) is 5.60 Å². The smallest absolute Gasteiger partial charge is 0.0685 e. The summed E-state index contributed by atoms with van der Waals surface area (Å²) < 4.78 is 6.17. The fraction of sp³-hybridized carbons (Fsp3) is 1.00. The summed E-state index contributed by atoms with van der Waals surface area (Å²) in [5.74, 6) is 1.80. The molecular weight excluding hydrogens is 258 g/mol. The van der Waals surface area contributed by atoms with Gasteiger partial charge in [0, 0.05) is 12.6 Å². The zero-order chi connectivity index (χ0) is 14.5. The summed E-state index contributed by atoms with van der Waals surface area (Å²) in [5.41, 5.74) is 0.305. The maximum absolute atomic E-state index is 6.17. The third-order valence-corrected chi connectivity index (χ3v) is 6.34. The minimum atomic E-state index is 0.305. The fourth-order valence-electron chi connectivity index (χ4n) is 4.99. The Kier molecular flexibility index (Phi) is 5.61. The first kappa shape index (κ1) is 15.8. The van der Waals surface area contributed by atoms with Gasteiger partial charge in [-0.05, 0) is 69.7 Å². The van der Waals surface area contributed by atoms with E-state index in [-0.39, 0.29) is 0 Å². The van der Waals surface area contributed by atoms with Crippen molar-refractivity contribution in [3.05, 3.63) is 0 Å². The van der Waals surface area contributed by atoms with E-state index in [4.69, 9.17) is 4.74 Å². The van der Waals surface area contributed by atoms with Gasteiger partial charge in [0.25, 0.3) is 0 Å². The Hall–Kier alpha value is -0.0800. The summed E-state index contributed by atoms with van der Waals surface area (Å²) in [6, 6.07) is 0.768. The maximum Gasteiger partial charge on any atom is 0.0685 e. The highest BCUT2D eigenvalue weighted by Crippen LogP contribution is 2.46. The van der Waals surface area contributed by atoms with Crippen LogP contribution in [0.2, 0.25) is 0 Å². The molecule has 2 nitrogen and oxygen atoms in total. The van der Waals surface area contributed by atoms with Gasteiger partial charge in [-0.2, -0.15) is 0 Å². The van der Waals surface area contributed by atoms with E-state index in [1.165, 1.54) is 83.6 Å². The van der Waals surface area contributed by atoms with Crippen molar-refractivity contribution in [1.29, 1.82) is 0 Å². The first-order chi connectivity index (χ1) is 10.3. The standard InChI is InChI=1S/C19H35NO/c1-2-13-20-18(16-8-5-3-4-6-9-16)17-10-14-21-19(15-17)11-7-12-19/h16-18,20H,2-15H2,1H3. The van der Waals surface area contributed by atoms with Crippen LogP contribution in [0.1, 0.15) is 84.0 Å². The van der Waals surface area contributed by atoms with Crippen molar-refractivity contribution in [2.24, 2.45) is 11.8 Å². The van der Waals surface area contributed by atoms with Gasteiger partial charge < -0.3 is 10.1 Å². The van der Waals surface area contributed by atoms with Crippen LogP contribution in [0.15, 0.2) is 0 Å². The van der Waals surface area contributed by atoms with Crippen molar-refractivity contribution < 1.29 is 4.74 Å². The Morgan fingerprint density at radius 3 is 2.38 bits per heavy atom. The Labute approximate surface area is 131 Å². The molecule has 3 rings (SSSR count). The summed E-state index contributed by atoms with van der Waals surface area (Å²) in [7, 11) is 0. The molecule has 1 saturated heterocycles. The molecule has 0 radical (unpaired) electrons. The molecule has 2 saturated carbocycles. The molecule has 2 aliphatic carbocycles. The lowest BCUT2D eigenvalue weighted by atomic mass is 9.68. The number of hydrogen-bond acceptors (Lipinski definition) is 2. The van der Waals surface area contributed by atoms with Gasteiger partial charge in [-0.3, -0.25) is 0 Å². The molecule has 0 aromatic rings. The molecule has 0 amide bonds. The highest BCUT2D eigenvalue weighted by atomic mass is 16.5. The summed E-state index contributed by atoms with van der Waals surface area (Å²) in [4.78, 5) is 0. The summed E-state index contributed by atoms with van der Waals surface area (Å²) >= 11 is 0. The third-order valence-electron chi connectivity index (χ3n) is 6.34. The molecule has 1 N–H and O–H groups in total. The fourth-order valence-corrected chi connectivity index (χ4v) is 4.99. The van der Waals surface area contributed by atoms with Gasteiger partial charge in [-0.15, -0.1) is 0 Å². The lowest BCUT2D eigenvalue weighted by Gasteiger charge is -2.50. The molecule has 0 aromatic heterocycles. The Bertz CT molecular complexity index is 305. The minimum absolute atomic E-state index is 0.305. The Morgan fingerprint density at radius 1 is 1.00 bits per heavy atom. The predicted octanol–water partition coefficient (Wildman–Crippen LogP) is 4.67. The minimum Gasteiger partial charge on any atom is -0.375 e. The lowest BCUT2D eigenvalue weighted by Crippen LogP contribution is -2.52. The first-order valence-electron chi connectivity index (χ1n) is 9.70. The maximum atomic E-state index is 6.17. The van der Waals surface area contributed by atoms with Crippen LogP contribution in [-0.2, 0) is 4.74 Å². The van der Waals surface area contributed by atoms with E-state index < -0.39 is 0 Å². The van der Waals surface area contributed by atoms with Crippen molar-refractivity contribution >= 4 is 0 Å². The number of ether oxygens (including phenoxy) is 1. The Balaban J connectivity index is 1.65. The molecule has 21 heavy (non-hydrogen) atoms. The van der Waals surface area contributed by atoms with E-state index >= 15 is 0 Å². The van der Waals surface area contributed by atoms with Gasteiger partial charge in [0.2, 0.25) is 0 Å². The molecule has 2 heteroatoms. The van der Waals surface area contributed by atoms with Crippen LogP contribution in [0.3, 0.4) is 0 Å². The first-order valence-corrected chi connectivity index (χ1v) is 9.70. The second-order valence-electron chi connectivity index (χ2n) is 7.87. The van der Waals surface area contributed by atoms with Crippen molar-refractivity contribution in [1.82, 2.24) is 5.32 Å². The van der Waals surface area contributed by atoms with Crippen LogP contribution in [-0.4, -0.2) is 24.8 Å². The summed E-state index contributed by atoms with van der Waals surface area (Å²) in [6.07, 6.45) is 16.7. The number of hydrogen-bond donors (Lipinski definition) is 1. The van der Waals surface area contributed by atoms with Crippen molar-refractivity contribution in [2.45, 2.75) is 95.6 Å². The third kappa shape index (κ3) is 3.82. The number of rotatable bonds is 5. The quantitative estimate of drug-likeness (QED) is 0.743. The molecule has 1 spiro atoms. The topological polar surface area (TPSA) is 21.3 Å². The zero-order valence-corrected chi connectivity index (χ0v) is 14.0. The molecular formula is C19H35NO.